The molecule has 1 heterocycles. The number of anilines is 1. The maximum Gasteiger partial charge on any atom is 0.341 e. The molecule has 1 amide bonds. The summed E-state index contributed by atoms with van der Waals surface area (Å²) >= 11 is 1.45. The van der Waals surface area contributed by atoms with Gasteiger partial charge in [0.2, 0.25) is 5.75 Å². The number of thiophene rings is 1. The van der Waals surface area contributed by atoms with Crippen LogP contribution in [-0.2, 0) is 17.6 Å². The van der Waals surface area contributed by atoms with E-state index >= 15 is 0 Å². The highest BCUT2D eigenvalue weighted by atomic mass is 32.1. The van der Waals surface area contributed by atoms with Crippen LogP contribution in [0.15, 0.2) is 12.1 Å². The molecular weight excluding hydrogens is 406 g/mol. The van der Waals surface area contributed by atoms with Crippen molar-refractivity contribution >= 4 is 28.2 Å². The molecule has 1 aromatic heterocycles. The molecule has 30 heavy (non-hydrogen) atoms. The lowest BCUT2D eigenvalue weighted by atomic mass is 9.95. The van der Waals surface area contributed by atoms with Crippen molar-refractivity contribution in [2.24, 2.45) is 0 Å². The fourth-order valence-electron chi connectivity index (χ4n) is 3.52. The van der Waals surface area contributed by atoms with Gasteiger partial charge in [0.15, 0.2) is 11.5 Å². The molecule has 0 bridgehead atoms. The quantitative estimate of drug-likeness (QED) is 0.619. The van der Waals surface area contributed by atoms with Crippen molar-refractivity contribution in [2.75, 3.05) is 33.3 Å². The third kappa shape index (κ3) is 4.38. The molecule has 162 valence electrons. The number of benzene rings is 1. The standard InChI is InChI=1S/C22H27NO6S/c1-5-10-29-22(25)18-14-8-6-7-9-17(14)30-21(18)23-20(24)13-11-15(26-2)19(28-4)16(12-13)27-3/h11-12H,5-10H2,1-4H3,(H,23,24). The minimum atomic E-state index is -0.378. The number of fused-ring (bicyclic) bond motifs is 1. The van der Waals surface area contributed by atoms with Gasteiger partial charge < -0.3 is 24.3 Å². The minimum Gasteiger partial charge on any atom is -0.493 e. The molecule has 0 fully saturated rings. The van der Waals surface area contributed by atoms with Crippen LogP contribution in [0.2, 0.25) is 0 Å². The fraction of sp³-hybridized carbons (Fsp3) is 0.455. The highest BCUT2D eigenvalue weighted by molar-refractivity contribution is 7.17. The molecule has 8 heteroatoms. The van der Waals surface area contributed by atoms with E-state index in [4.69, 9.17) is 18.9 Å². The van der Waals surface area contributed by atoms with Crippen molar-refractivity contribution in [3.63, 3.8) is 0 Å². The van der Waals surface area contributed by atoms with E-state index in [2.05, 4.69) is 5.32 Å². The molecule has 1 N–H and O–H groups in total. The number of carbonyl (C=O) groups excluding carboxylic acids is 2. The zero-order chi connectivity index (χ0) is 21.7. The number of aryl methyl sites for hydroxylation is 1. The second kappa shape index (κ2) is 9.84. The molecule has 1 aliphatic rings. The number of ether oxygens (including phenoxy) is 4. The highest BCUT2D eigenvalue weighted by Crippen LogP contribution is 2.40. The number of amides is 1. The van der Waals surface area contributed by atoms with Gasteiger partial charge in [-0.15, -0.1) is 11.3 Å². The third-order valence-electron chi connectivity index (χ3n) is 4.97. The van der Waals surface area contributed by atoms with Crippen LogP contribution in [0.3, 0.4) is 0 Å². The van der Waals surface area contributed by atoms with Crippen molar-refractivity contribution in [1.82, 2.24) is 0 Å². The van der Waals surface area contributed by atoms with Crippen LogP contribution < -0.4 is 19.5 Å². The first kappa shape index (κ1) is 22.0. The summed E-state index contributed by atoms with van der Waals surface area (Å²) < 4.78 is 21.4. The van der Waals surface area contributed by atoms with Gasteiger partial charge in [-0.3, -0.25) is 4.79 Å². The maximum absolute atomic E-state index is 13.0. The average molecular weight is 434 g/mol. The molecule has 0 unspecified atom stereocenters. The summed E-state index contributed by atoms with van der Waals surface area (Å²) in [6.07, 6.45) is 4.58. The van der Waals surface area contributed by atoms with Gasteiger partial charge in [-0.2, -0.15) is 0 Å². The Labute approximate surface area is 180 Å². The Morgan fingerprint density at radius 3 is 2.30 bits per heavy atom. The Morgan fingerprint density at radius 1 is 1.03 bits per heavy atom. The van der Waals surface area contributed by atoms with Crippen LogP contribution in [0.5, 0.6) is 17.2 Å². The van der Waals surface area contributed by atoms with E-state index in [0.29, 0.717) is 40.0 Å². The fourth-order valence-corrected chi connectivity index (χ4v) is 4.80. The first-order chi connectivity index (χ1) is 14.5. The lowest BCUT2D eigenvalue weighted by molar-refractivity contribution is 0.0505. The number of carbonyl (C=O) groups is 2. The van der Waals surface area contributed by atoms with Crippen LogP contribution in [0.25, 0.3) is 0 Å². The van der Waals surface area contributed by atoms with Gasteiger partial charge in [0.25, 0.3) is 5.91 Å². The van der Waals surface area contributed by atoms with Gasteiger partial charge >= 0.3 is 5.97 Å². The summed E-state index contributed by atoms with van der Waals surface area (Å²) in [7, 11) is 4.49. The van der Waals surface area contributed by atoms with Gasteiger partial charge in [0, 0.05) is 10.4 Å². The first-order valence-electron chi connectivity index (χ1n) is 9.97. The van der Waals surface area contributed by atoms with E-state index in [9.17, 15) is 9.59 Å². The predicted octanol–water partition coefficient (Wildman–Crippen LogP) is 4.47. The van der Waals surface area contributed by atoms with E-state index in [1.165, 1.54) is 32.7 Å². The molecule has 3 rings (SSSR count). The van der Waals surface area contributed by atoms with Gasteiger partial charge in [0.1, 0.15) is 5.00 Å². The zero-order valence-corrected chi connectivity index (χ0v) is 18.6. The van der Waals surface area contributed by atoms with Gasteiger partial charge in [0.05, 0.1) is 33.5 Å². The second-order valence-corrected chi connectivity index (χ2v) is 8.02. The summed E-state index contributed by atoms with van der Waals surface area (Å²) in [4.78, 5) is 26.9. The van der Waals surface area contributed by atoms with Gasteiger partial charge in [-0.25, -0.2) is 4.79 Å². The predicted molar refractivity (Wildman–Crippen MR) is 116 cm³/mol. The summed E-state index contributed by atoms with van der Waals surface area (Å²) in [5.74, 6) is 0.436. The molecule has 0 saturated carbocycles. The third-order valence-corrected chi connectivity index (χ3v) is 6.17. The first-order valence-corrected chi connectivity index (χ1v) is 10.8. The summed E-state index contributed by atoms with van der Waals surface area (Å²) in [6.45, 7) is 2.30. The smallest absolute Gasteiger partial charge is 0.341 e. The summed E-state index contributed by atoms with van der Waals surface area (Å²) in [5, 5.41) is 3.44. The topological polar surface area (TPSA) is 83.1 Å². The monoisotopic (exact) mass is 433 g/mol. The lowest BCUT2D eigenvalue weighted by Gasteiger charge is -2.14. The van der Waals surface area contributed by atoms with Crippen molar-refractivity contribution in [3.8, 4) is 17.2 Å². The molecule has 0 atom stereocenters. The van der Waals surface area contributed by atoms with Crippen LogP contribution in [-0.4, -0.2) is 39.8 Å². The molecule has 0 aliphatic heterocycles. The van der Waals surface area contributed by atoms with Crippen molar-refractivity contribution in [1.29, 1.82) is 0 Å². The number of rotatable bonds is 8. The number of nitrogens with one attached hydrogen (secondary N) is 1. The average Bonchev–Trinajstić information content (AvgIpc) is 3.13. The highest BCUT2D eigenvalue weighted by Gasteiger charge is 2.28. The Balaban J connectivity index is 1.95. The molecule has 7 nitrogen and oxygen atoms in total. The van der Waals surface area contributed by atoms with E-state index in [-0.39, 0.29) is 11.9 Å². The van der Waals surface area contributed by atoms with Crippen LogP contribution in [0.4, 0.5) is 5.00 Å². The Hall–Kier alpha value is -2.74. The second-order valence-electron chi connectivity index (χ2n) is 6.92. The van der Waals surface area contributed by atoms with Gasteiger partial charge in [-0.05, 0) is 49.8 Å². The van der Waals surface area contributed by atoms with Crippen molar-refractivity contribution < 1.29 is 28.5 Å². The Bertz CT molecular complexity index is 911. The lowest BCUT2D eigenvalue weighted by Crippen LogP contribution is -2.16. The summed E-state index contributed by atoms with van der Waals surface area (Å²) in [6, 6.07) is 3.17. The molecule has 1 aliphatic carbocycles. The Morgan fingerprint density at radius 2 is 1.70 bits per heavy atom. The van der Waals surface area contributed by atoms with E-state index in [1.54, 1.807) is 12.1 Å². The molecule has 0 spiro atoms. The molecular formula is C22H27NO6S. The largest absolute Gasteiger partial charge is 0.493 e. The molecule has 0 radical (unpaired) electrons. The number of hydrogen-bond donors (Lipinski definition) is 1. The van der Waals surface area contributed by atoms with E-state index < -0.39 is 0 Å². The maximum atomic E-state index is 13.0. The normalized spacial score (nSPS) is 12.7. The SMILES string of the molecule is CCCOC(=O)c1c(NC(=O)c2cc(OC)c(OC)c(OC)c2)sc2c1CCCC2. The van der Waals surface area contributed by atoms with Crippen LogP contribution in [0, 0.1) is 0 Å². The van der Waals surface area contributed by atoms with Crippen LogP contribution in [0.1, 0.15) is 57.3 Å². The number of methoxy groups -OCH3 is 3. The Kier molecular flexibility index (Phi) is 7.20. The van der Waals surface area contributed by atoms with Gasteiger partial charge in [-0.1, -0.05) is 6.92 Å². The van der Waals surface area contributed by atoms with Crippen molar-refractivity contribution in [2.45, 2.75) is 39.0 Å². The molecule has 2 aromatic rings. The van der Waals surface area contributed by atoms with Crippen LogP contribution >= 0.6 is 11.3 Å². The number of hydrogen-bond acceptors (Lipinski definition) is 7. The zero-order valence-electron chi connectivity index (χ0n) is 17.8. The minimum absolute atomic E-state index is 0.337. The summed E-state index contributed by atoms with van der Waals surface area (Å²) in [5.41, 5.74) is 1.83. The molecule has 0 saturated heterocycles. The molecule has 1 aromatic carbocycles. The van der Waals surface area contributed by atoms with E-state index in [0.717, 1.165) is 42.5 Å². The van der Waals surface area contributed by atoms with E-state index in [1.807, 2.05) is 6.92 Å². The van der Waals surface area contributed by atoms with Crippen molar-refractivity contribution in [3.05, 3.63) is 33.7 Å². The number of esters is 1.